The van der Waals surface area contributed by atoms with Crippen LogP contribution in [0.3, 0.4) is 0 Å². The summed E-state index contributed by atoms with van der Waals surface area (Å²) in [6.45, 7) is 5.59. The molecule has 0 saturated heterocycles. The second-order valence-electron chi connectivity index (χ2n) is 7.64. The molecule has 0 spiro atoms. The van der Waals surface area contributed by atoms with Gasteiger partial charge < -0.3 is 15.4 Å². The van der Waals surface area contributed by atoms with E-state index >= 15 is 0 Å². The van der Waals surface area contributed by atoms with E-state index in [-0.39, 0.29) is 12.5 Å². The van der Waals surface area contributed by atoms with Crippen LogP contribution in [-0.4, -0.2) is 30.5 Å². The quantitative estimate of drug-likeness (QED) is 0.285. The lowest BCUT2D eigenvalue weighted by atomic mass is 10.1. The first-order valence-corrected chi connectivity index (χ1v) is 10.6. The molecule has 3 amide bonds. The van der Waals surface area contributed by atoms with Crippen molar-refractivity contribution in [3.8, 4) is 5.75 Å². The normalized spacial score (nSPS) is 10.6. The predicted octanol–water partition coefficient (Wildman–Crippen LogP) is 3.72. The number of amides is 3. The van der Waals surface area contributed by atoms with Crippen LogP contribution in [0.4, 0.5) is 11.4 Å². The number of benzene rings is 3. The van der Waals surface area contributed by atoms with Gasteiger partial charge in [0.25, 0.3) is 5.91 Å². The lowest BCUT2D eigenvalue weighted by Crippen LogP contribution is -2.32. The van der Waals surface area contributed by atoms with Gasteiger partial charge in [0.1, 0.15) is 5.75 Å². The molecule has 8 nitrogen and oxygen atoms in total. The Morgan fingerprint density at radius 2 is 1.56 bits per heavy atom. The summed E-state index contributed by atoms with van der Waals surface area (Å²) < 4.78 is 5.63. The van der Waals surface area contributed by atoms with Gasteiger partial charge in [-0.25, -0.2) is 5.43 Å². The van der Waals surface area contributed by atoms with Crippen molar-refractivity contribution in [2.45, 2.75) is 20.8 Å². The van der Waals surface area contributed by atoms with Crippen molar-refractivity contribution in [2.75, 3.05) is 17.2 Å². The molecule has 0 unspecified atom stereocenters. The number of nitrogens with zero attached hydrogens (tertiary/aromatic N) is 1. The number of hydrogen-bond acceptors (Lipinski definition) is 5. The second kappa shape index (κ2) is 11.4. The average Bonchev–Trinajstić information content (AvgIpc) is 2.82. The molecule has 0 aliphatic heterocycles. The molecule has 0 heterocycles. The molecule has 0 aliphatic carbocycles. The van der Waals surface area contributed by atoms with E-state index in [0.29, 0.717) is 22.7 Å². The first kappa shape index (κ1) is 24.2. The Bertz CT molecular complexity index is 1240. The van der Waals surface area contributed by atoms with E-state index in [2.05, 4.69) is 21.2 Å². The van der Waals surface area contributed by atoms with E-state index in [1.807, 2.05) is 51.1 Å². The van der Waals surface area contributed by atoms with Crippen molar-refractivity contribution in [1.29, 1.82) is 0 Å². The van der Waals surface area contributed by atoms with Crippen molar-refractivity contribution in [3.05, 3.63) is 89.0 Å². The van der Waals surface area contributed by atoms with Gasteiger partial charge in [-0.05, 0) is 67.8 Å². The topological polar surface area (TPSA) is 109 Å². The summed E-state index contributed by atoms with van der Waals surface area (Å²) in [6, 6.07) is 19.7. The maximum absolute atomic E-state index is 12.3. The molecule has 8 heteroatoms. The molecule has 3 rings (SSSR count). The number of aryl methyl sites for hydroxylation is 3. The summed E-state index contributed by atoms with van der Waals surface area (Å²) in [5.74, 6) is -1.65. The highest BCUT2D eigenvalue weighted by Gasteiger charge is 2.14. The van der Waals surface area contributed by atoms with Crippen LogP contribution in [0, 0.1) is 20.8 Å². The highest BCUT2D eigenvalue weighted by atomic mass is 16.5. The average molecular weight is 459 g/mol. The summed E-state index contributed by atoms with van der Waals surface area (Å²) in [5, 5.41) is 9.16. The number of carbonyl (C=O) groups is 3. The molecule has 0 aliphatic rings. The van der Waals surface area contributed by atoms with Gasteiger partial charge in [-0.15, -0.1) is 0 Å². The molecule has 34 heavy (non-hydrogen) atoms. The number of hydrogen-bond donors (Lipinski definition) is 3. The van der Waals surface area contributed by atoms with E-state index in [4.69, 9.17) is 4.74 Å². The minimum atomic E-state index is -0.911. The molecule has 3 N–H and O–H groups in total. The Kier molecular flexibility index (Phi) is 8.12. The monoisotopic (exact) mass is 458 g/mol. The Labute approximate surface area is 198 Å². The number of carbonyl (C=O) groups excluding carboxylic acids is 3. The van der Waals surface area contributed by atoms with Gasteiger partial charge in [-0.3, -0.25) is 14.4 Å². The lowest BCUT2D eigenvalue weighted by Gasteiger charge is -2.10. The van der Waals surface area contributed by atoms with Crippen LogP contribution < -0.4 is 20.8 Å². The largest absolute Gasteiger partial charge is 0.483 e. The molecule has 0 fully saturated rings. The SMILES string of the molecule is Cc1ccc(NC(=O)COc2ccccc2/C=N\NC(=O)C(=O)Nc2ccccc2C)cc1C. The molecular weight excluding hydrogens is 432 g/mol. The van der Waals surface area contributed by atoms with Gasteiger partial charge in [0, 0.05) is 16.9 Å². The highest BCUT2D eigenvalue weighted by molar-refractivity contribution is 6.39. The highest BCUT2D eigenvalue weighted by Crippen LogP contribution is 2.17. The maximum atomic E-state index is 12.3. The van der Waals surface area contributed by atoms with Gasteiger partial charge in [0.15, 0.2) is 6.61 Å². The second-order valence-corrected chi connectivity index (χ2v) is 7.64. The van der Waals surface area contributed by atoms with E-state index < -0.39 is 11.8 Å². The van der Waals surface area contributed by atoms with Crippen LogP contribution in [0.25, 0.3) is 0 Å². The molecule has 0 saturated carbocycles. The maximum Gasteiger partial charge on any atom is 0.329 e. The van der Waals surface area contributed by atoms with E-state index in [1.54, 1.807) is 36.4 Å². The molecule has 174 valence electrons. The third kappa shape index (κ3) is 6.77. The minimum Gasteiger partial charge on any atom is -0.483 e. The minimum absolute atomic E-state index is 0.205. The third-order valence-corrected chi connectivity index (χ3v) is 5.04. The molecule has 3 aromatic carbocycles. The number of ether oxygens (including phenoxy) is 1. The summed E-state index contributed by atoms with van der Waals surface area (Å²) in [5.41, 5.74) is 7.01. The van der Waals surface area contributed by atoms with E-state index in [1.165, 1.54) is 6.21 Å². The zero-order chi connectivity index (χ0) is 24.5. The Morgan fingerprint density at radius 1 is 0.824 bits per heavy atom. The van der Waals surface area contributed by atoms with E-state index in [0.717, 1.165) is 16.7 Å². The molecule has 0 aromatic heterocycles. The molecule has 0 bridgehead atoms. The third-order valence-electron chi connectivity index (χ3n) is 5.04. The van der Waals surface area contributed by atoms with Crippen molar-refractivity contribution in [3.63, 3.8) is 0 Å². The Morgan fingerprint density at radius 3 is 2.32 bits per heavy atom. The van der Waals surface area contributed by atoms with Gasteiger partial charge in [-0.2, -0.15) is 5.10 Å². The van der Waals surface area contributed by atoms with Gasteiger partial charge >= 0.3 is 11.8 Å². The van der Waals surface area contributed by atoms with Crippen LogP contribution >= 0.6 is 0 Å². The number of hydrazone groups is 1. The fourth-order valence-electron chi connectivity index (χ4n) is 2.98. The predicted molar refractivity (Wildman–Crippen MR) is 132 cm³/mol. The first-order valence-electron chi connectivity index (χ1n) is 10.6. The van der Waals surface area contributed by atoms with Crippen LogP contribution in [0.2, 0.25) is 0 Å². The Hall–Kier alpha value is -4.46. The molecular formula is C26H26N4O4. The fourth-order valence-corrected chi connectivity index (χ4v) is 2.98. The van der Waals surface area contributed by atoms with Crippen LogP contribution in [0.15, 0.2) is 71.8 Å². The number of rotatable bonds is 7. The van der Waals surface area contributed by atoms with Gasteiger partial charge in [0.05, 0.1) is 6.21 Å². The smallest absolute Gasteiger partial charge is 0.329 e. The summed E-state index contributed by atoms with van der Waals surface area (Å²) in [4.78, 5) is 36.4. The molecule has 0 radical (unpaired) electrons. The van der Waals surface area contributed by atoms with Gasteiger partial charge in [-0.1, -0.05) is 36.4 Å². The number of para-hydroxylation sites is 2. The van der Waals surface area contributed by atoms with Crippen LogP contribution in [0.5, 0.6) is 5.75 Å². The number of anilines is 2. The van der Waals surface area contributed by atoms with Crippen LogP contribution in [-0.2, 0) is 14.4 Å². The summed E-state index contributed by atoms with van der Waals surface area (Å²) >= 11 is 0. The van der Waals surface area contributed by atoms with Crippen molar-refractivity contribution >= 4 is 35.3 Å². The van der Waals surface area contributed by atoms with E-state index in [9.17, 15) is 14.4 Å². The lowest BCUT2D eigenvalue weighted by molar-refractivity contribution is -0.136. The summed E-state index contributed by atoms with van der Waals surface area (Å²) in [6.07, 6.45) is 1.34. The summed E-state index contributed by atoms with van der Waals surface area (Å²) in [7, 11) is 0. The van der Waals surface area contributed by atoms with Crippen LogP contribution in [0.1, 0.15) is 22.3 Å². The van der Waals surface area contributed by atoms with Crippen molar-refractivity contribution in [2.24, 2.45) is 5.10 Å². The van der Waals surface area contributed by atoms with Crippen molar-refractivity contribution in [1.82, 2.24) is 5.43 Å². The first-order chi connectivity index (χ1) is 16.3. The fraction of sp³-hybridized carbons (Fsp3) is 0.154. The zero-order valence-electron chi connectivity index (χ0n) is 19.2. The standard InChI is InChI=1S/C26H26N4O4/c1-17-12-13-21(14-19(17)3)28-24(31)16-34-23-11-7-5-9-20(23)15-27-30-26(33)25(32)29-22-10-6-4-8-18(22)2/h4-15H,16H2,1-3H3,(H,28,31)(H,29,32)(H,30,33)/b27-15-. The molecule has 0 atom stereocenters. The van der Waals surface area contributed by atoms with Gasteiger partial charge in [0.2, 0.25) is 0 Å². The Balaban J connectivity index is 1.54. The van der Waals surface area contributed by atoms with Crippen molar-refractivity contribution < 1.29 is 19.1 Å². The zero-order valence-corrected chi connectivity index (χ0v) is 19.2. The number of nitrogens with one attached hydrogen (secondary N) is 3. The molecule has 3 aromatic rings.